The molecule has 0 aliphatic carbocycles. The number of aromatic nitrogens is 1. The summed E-state index contributed by atoms with van der Waals surface area (Å²) >= 11 is 5.66. The summed E-state index contributed by atoms with van der Waals surface area (Å²) in [5, 5.41) is 0.368. The Hall–Kier alpha value is -0.690. The lowest BCUT2D eigenvalue weighted by Crippen LogP contribution is -2.59. The minimum atomic E-state index is -3.23. The molecule has 0 spiro atoms. The van der Waals surface area contributed by atoms with Crippen molar-refractivity contribution in [1.29, 1.82) is 0 Å². The summed E-state index contributed by atoms with van der Waals surface area (Å²) in [5.41, 5.74) is 0.660. The lowest BCUT2D eigenvalue weighted by molar-refractivity contribution is 0.134. The quantitative estimate of drug-likeness (QED) is 0.770. The molecule has 7 heteroatoms. The SMILES string of the molecule is CN(C)C1CN(S(=O)(=O)Cc2ccc(Cl)nc2)C1. The summed E-state index contributed by atoms with van der Waals surface area (Å²) in [6, 6.07) is 3.62. The summed E-state index contributed by atoms with van der Waals surface area (Å²) in [5.74, 6) is -0.0166. The molecular formula is C11H16ClN3O2S. The molecule has 0 saturated carbocycles. The second kappa shape index (κ2) is 5.13. The van der Waals surface area contributed by atoms with Crippen LogP contribution in [-0.4, -0.2) is 55.8 Å². The molecular weight excluding hydrogens is 274 g/mol. The molecule has 0 amide bonds. The molecule has 0 N–H and O–H groups in total. The van der Waals surface area contributed by atoms with E-state index in [1.165, 1.54) is 10.5 Å². The predicted molar refractivity (Wildman–Crippen MR) is 70.9 cm³/mol. The molecule has 1 aromatic rings. The first-order valence-corrected chi connectivity index (χ1v) is 7.62. The van der Waals surface area contributed by atoms with Crippen molar-refractivity contribution < 1.29 is 8.42 Å². The van der Waals surface area contributed by atoms with Gasteiger partial charge in [-0.05, 0) is 25.7 Å². The first-order chi connectivity index (χ1) is 8.38. The Morgan fingerprint density at radius 2 is 2.11 bits per heavy atom. The average molecular weight is 290 g/mol. The maximum Gasteiger partial charge on any atom is 0.218 e. The minimum absolute atomic E-state index is 0.0166. The zero-order valence-electron chi connectivity index (χ0n) is 10.4. The zero-order chi connectivity index (χ0) is 13.3. The average Bonchev–Trinajstić information content (AvgIpc) is 2.17. The van der Waals surface area contributed by atoms with Gasteiger partial charge in [-0.2, -0.15) is 4.31 Å². The van der Waals surface area contributed by atoms with Crippen LogP contribution in [0.1, 0.15) is 5.56 Å². The van der Waals surface area contributed by atoms with Crippen LogP contribution in [0.25, 0.3) is 0 Å². The highest BCUT2D eigenvalue weighted by Gasteiger charge is 2.36. The molecule has 1 aliphatic rings. The fourth-order valence-corrected chi connectivity index (χ4v) is 3.45. The summed E-state index contributed by atoms with van der Waals surface area (Å²) in [7, 11) is 0.680. The van der Waals surface area contributed by atoms with Gasteiger partial charge in [-0.25, -0.2) is 13.4 Å². The van der Waals surface area contributed by atoms with E-state index in [1.54, 1.807) is 12.1 Å². The maximum absolute atomic E-state index is 12.1. The first kappa shape index (κ1) is 13.7. The molecule has 1 aromatic heterocycles. The smallest absolute Gasteiger partial charge is 0.218 e. The second-order valence-electron chi connectivity index (χ2n) is 4.68. The zero-order valence-corrected chi connectivity index (χ0v) is 11.9. The van der Waals surface area contributed by atoms with Gasteiger partial charge in [0.2, 0.25) is 10.0 Å². The summed E-state index contributed by atoms with van der Waals surface area (Å²) < 4.78 is 25.7. The van der Waals surface area contributed by atoms with Gasteiger partial charge in [0.25, 0.3) is 0 Å². The third-order valence-corrected chi connectivity index (χ3v) is 5.10. The number of rotatable bonds is 4. The predicted octanol–water partition coefficient (Wildman–Crippen LogP) is 0.811. The van der Waals surface area contributed by atoms with E-state index in [2.05, 4.69) is 4.98 Å². The van der Waals surface area contributed by atoms with Crippen LogP contribution in [0, 0.1) is 0 Å². The van der Waals surface area contributed by atoms with E-state index < -0.39 is 10.0 Å². The van der Waals surface area contributed by atoms with E-state index in [9.17, 15) is 8.42 Å². The molecule has 0 atom stereocenters. The van der Waals surface area contributed by atoms with Crippen molar-refractivity contribution in [1.82, 2.24) is 14.2 Å². The lowest BCUT2D eigenvalue weighted by atomic mass is 10.2. The summed E-state index contributed by atoms with van der Waals surface area (Å²) in [4.78, 5) is 5.92. The normalized spacial score (nSPS) is 18.0. The van der Waals surface area contributed by atoms with E-state index >= 15 is 0 Å². The Bertz CT molecular complexity index is 510. The van der Waals surface area contributed by atoms with Gasteiger partial charge in [0.15, 0.2) is 0 Å². The lowest BCUT2D eigenvalue weighted by Gasteiger charge is -2.41. The van der Waals surface area contributed by atoms with E-state index in [1.807, 2.05) is 19.0 Å². The Balaban J connectivity index is 1.99. The van der Waals surface area contributed by atoms with Gasteiger partial charge in [-0.3, -0.25) is 0 Å². The topological polar surface area (TPSA) is 53.5 Å². The van der Waals surface area contributed by atoms with Crippen molar-refractivity contribution in [2.45, 2.75) is 11.8 Å². The molecule has 18 heavy (non-hydrogen) atoms. The van der Waals surface area contributed by atoms with Gasteiger partial charge in [0, 0.05) is 25.3 Å². The number of hydrogen-bond donors (Lipinski definition) is 0. The molecule has 5 nitrogen and oxygen atoms in total. The number of hydrogen-bond acceptors (Lipinski definition) is 4. The number of likely N-dealkylation sites (N-methyl/N-ethyl adjacent to an activating group) is 1. The van der Waals surface area contributed by atoms with Crippen LogP contribution in [0.2, 0.25) is 5.15 Å². The van der Waals surface area contributed by atoms with E-state index in [4.69, 9.17) is 11.6 Å². The Morgan fingerprint density at radius 1 is 1.44 bits per heavy atom. The molecule has 1 aliphatic heterocycles. The fourth-order valence-electron chi connectivity index (χ4n) is 1.76. The Labute approximate surface area is 112 Å². The molecule has 0 radical (unpaired) electrons. The highest BCUT2D eigenvalue weighted by Crippen LogP contribution is 2.20. The van der Waals surface area contributed by atoms with Crippen LogP contribution >= 0.6 is 11.6 Å². The molecule has 1 saturated heterocycles. The first-order valence-electron chi connectivity index (χ1n) is 5.63. The maximum atomic E-state index is 12.1. The Kier molecular flexibility index (Phi) is 3.91. The van der Waals surface area contributed by atoms with Crippen LogP contribution in [-0.2, 0) is 15.8 Å². The fraction of sp³-hybridized carbons (Fsp3) is 0.545. The van der Waals surface area contributed by atoms with Crippen molar-refractivity contribution in [3.63, 3.8) is 0 Å². The van der Waals surface area contributed by atoms with Crippen molar-refractivity contribution >= 4 is 21.6 Å². The Morgan fingerprint density at radius 3 is 2.61 bits per heavy atom. The van der Waals surface area contributed by atoms with Crippen molar-refractivity contribution in [2.24, 2.45) is 0 Å². The molecule has 100 valence electrons. The molecule has 2 rings (SSSR count). The highest BCUT2D eigenvalue weighted by molar-refractivity contribution is 7.88. The molecule has 2 heterocycles. The number of pyridine rings is 1. The molecule has 0 unspecified atom stereocenters. The standard InChI is InChI=1S/C11H16ClN3O2S/c1-14(2)10-6-15(7-10)18(16,17)8-9-3-4-11(12)13-5-9/h3-5,10H,6-8H2,1-2H3. The minimum Gasteiger partial charge on any atom is -0.304 e. The van der Waals surface area contributed by atoms with Gasteiger partial charge in [0.1, 0.15) is 5.15 Å². The highest BCUT2D eigenvalue weighted by atomic mass is 35.5. The van der Waals surface area contributed by atoms with E-state index in [0.717, 1.165) is 0 Å². The van der Waals surface area contributed by atoms with Crippen molar-refractivity contribution in [2.75, 3.05) is 27.2 Å². The number of nitrogens with zero attached hydrogens (tertiary/aromatic N) is 3. The summed E-state index contributed by atoms with van der Waals surface area (Å²) in [6.07, 6.45) is 1.50. The van der Waals surface area contributed by atoms with Crippen LogP contribution in [0.15, 0.2) is 18.3 Å². The van der Waals surface area contributed by atoms with E-state index in [-0.39, 0.29) is 5.75 Å². The number of halogens is 1. The number of sulfonamides is 1. The van der Waals surface area contributed by atoms with Gasteiger partial charge in [0.05, 0.1) is 5.75 Å². The van der Waals surface area contributed by atoms with Gasteiger partial charge in [-0.1, -0.05) is 17.7 Å². The van der Waals surface area contributed by atoms with Crippen LogP contribution < -0.4 is 0 Å². The van der Waals surface area contributed by atoms with Crippen molar-refractivity contribution in [3.8, 4) is 0 Å². The van der Waals surface area contributed by atoms with Crippen LogP contribution in [0.5, 0.6) is 0 Å². The molecule has 1 fully saturated rings. The monoisotopic (exact) mass is 289 g/mol. The van der Waals surface area contributed by atoms with Crippen LogP contribution in [0.4, 0.5) is 0 Å². The van der Waals surface area contributed by atoms with Gasteiger partial charge >= 0.3 is 0 Å². The summed E-state index contributed by atoms with van der Waals surface area (Å²) in [6.45, 7) is 1.13. The third kappa shape index (κ3) is 3.00. The molecule has 0 bridgehead atoms. The van der Waals surface area contributed by atoms with Crippen LogP contribution in [0.3, 0.4) is 0 Å². The molecule has 0 aromatic carbocycles. The van der Waals surface area contributed by atoms with E-state index in [0.29, 0.717) is 29.8 Å². The van der Waals surface area contributed by atoms with Gasteiger partial charge in [-0.15, -0.1) is 0 Å². The second-order valence-corrected chi connectivity index (χ2v) is 7.04. The van der Waals surface area contributed by atoms with Gasteiger partial charge < -0.3 is 4.90 Å². The largest absolute Gasteiger partial charge is 0.304 e. The third-order valence-electron chi connectivity index (χ3n) is 3.09. The van der Waals surface area contributed by atoms with Crippen molar-refractivity contribution in [3.05, 3.63) is 29.0 Å².